The Morgan fingerprint density at radius 3 is 0.917 bits per heavy atom. The van der Waals surface area contributed by atoms with Gasteiger partial charge in [0, 0.05) is 19.3 Å². The largest absolute Gasteiger partial charge is 0.462 e. The van der Waals surface area contributed by atoms with Gasteiger partial charge < -0.3 is 14.2 Å². The van der Waals surface area contributed by atoms with Crippen molar-refractivity contribution in [2.45, 2.75) is 277 Å². The minimum atomic E-state index is -0.785. The highest BCUT2D eigenvalue weighted by atomic mass is 16.6. The SMILES string of the molecule is CCCCCC/C=C\CCCCCCCCCC(=O)OC(COC(=O)CCC/C=C\CCCCCC)COC(=O)CCCCCCC/C=C\CCCCCCCCCCC. The second-order valence-corrected chi connectivity index (χ2v) is 17.4. The smallest absolute Gasteiger partial charge is 0.306 e. The Balaban J connectivity index is 4.32. The Hall–Kier alpha value is -2.37. The van der Waals surface area contributed by atoms with Crippen LogP contribution in [0.25, 0.3) is 0 Å². The van der Waals surface area contributed by atoms with Crippen molar-refractivity contribution in [3.8, 4) is 0 Å². The van der Waals surface area contributed by atoms with Crippen LogP contribution in [0.3, 0.4) is 0 Å². The van der Waals surface area contributed by atoms with Crippen LogP contribution in [0.1, 0.15) is 271 Å². The Morgan fingerprint density at radius 2 is 0.567 bits per heavy atom. The van der Waals surface area contributed by atoms with Crippen molar-refractivity contribution in [1.82, 2.24) is 0 Å². The molecule has 0 rings (SSSR count). The van der Waals surface area contributed by atoms with Gasteiger partial charge in [0.05, 0.1) is 0 Å². The molecule has 0 bridgehead atoms. The molecule has 350 valence electrons. The van der Waals surface area contributed by atoms with E-state index >= 15 is 0 Å². The monoisotopic (exact) mass is 843 g/mol. The Bertz CT molecular complexity index is 1020. The molecule has 0 saturated carbocycles. The normalized spacial score (nSPS) is 12.2. The minimum absolute atomic E-state index is 0.0853. The first-order valence-corrected chi connectivity index (χ1v) is 26.0. The van der Waals surface area contributed by atoms with E-state index in [0.717, 1.165) is 64.2 Å². The van der Waals surface area contributed by atoms with Gasteiger partial charge in [0.2, 0.25) is 0 Å². The Labute approximate surface area is 372 Å². The van der Waals surface area contributed by atoms with E-state index in [4.69, 9.17) is 14.2 Å². The van der Waals surface area contributed by atoms with Crippen LogP contribution in [0, 0.1) is 0 Å². The number of carbonyl (C=O) groups excluding carboxylic acids is 3. The fourth-order valence-electron chi connectivity index (χ4n) is 7.38. The van der Waals surface area contributed by atoms with Gasteiger partial charge in [-0.15, -0.1) is 0 Å². The standard InChI is InChI=1S/C54H98O6/c1-4-7-10-13-16-19-21-23-25-26-27-29-30-32-35-38-41-44-47-53(56)59-50-51(49-58-52(55)46-43-40-37-34-18-15-12-9-6-3)60-54(57)48-45-42-39-36-33-31-28-24-22-20-17-14-11-8-5-2/h20,22,27,29,34,37,51H,4-19,21,23-26,28,30-33,35-36,38-50H2,1-3H3/b22-20-,29-27-,37-34-. The second kappa shape index (κ2) is 49.3. The molecule has 0 fully saturated rings. The molecular weight excluding hydrogens is 745 g/mol. The highest BCUT2D eigenvalue weighted by Gasteiger charge is 2.19. The number of carbonyl (C=O) groups is 3. The molecule has 0 aliphatic rings. The number of allylic oxidation sites excluding steroid dienone is 6. The van der Waals surface area contributed by atoms with Gasteiger partial charge in [0.15, 0.2) is 6.10 Å². The van der Waals surface area contributed by atoms with Crippen LogP contribution in [0.2, 0.25) is 0 Å². The molecule has 0 saturated heterocycles. The van der Waals surface area contributed by atoms with Crippen molar-refractivity contribution in [3.63, 3.8) is 0 Å². The molecule has 0 amide bonds. The maximum Gasteiger partial charge on any atom is 0.306 e. The van der Waals surface area contributed by atoms with E-state index in [2.05, 4.69) is 57.2 Å². The molecule has 6 heteroatoms. The molecule has 0 spiro atoms. The molecule has 0 heterocycles. The zero-order valence-electron chi connectivity index (χ0n) is 40.0. The summed E-state index contributed by atoms with van der Waals surface area (Å²) >= 11 is 0. The van der Waals surface area contributed by atoms with Gasteiger partial charge in [-0.2, -0.15) is 0 Å². The van der Waals surface area contributed by atoms with E-state index < -0.39 is 6.10 Å². The van der Waals surface area contributed by atoms with Crippen molar-refractivity contribution in [2.75, 3.05) is 13.2 Å². The maximum atomic E-state index is 12.8. The number of hydrogen-bond donors (Lipinski definition) is 0. The van der Waals surface area contributed by atoms with Crippen LogP contribution >= 0.6 is 0 Å². The van der Waals surface area contributed by atoms with E-state index in [9.17, 15) is 14.4 Å². The molecule has 0 aliphatic heterocycles. The van der Waals surface area contributed by atoms with E-state index in [0.29, 0.717) is 19.3 Å². The molecule has 60 heavy (non-hydrogen) atoms. The Kier molecular flexibility index (Phi) is 47.3. The molecule has 1 unspecified atom stereocenters. The molecule has 6 nitrogen and oxygen atoms in total. The van der Waals surface area contributed by atoms with Gasteiger partial charge >= 0.3 is 17.9 Å². The van der Waals surface area contributed by atoms with Crippen LogP contribution in [0.15, 0.2) is 36.5 Å². The summed E-state index contributed by atoms with van der Waals surface area (Å²) in [7, 11) is 0. The van der Waals surface area contributed by atoms with Crippen LogP contribution in [-0.4, -0.2) is 37.2 Å². The van der Waals surface area contributed by atoms with Gasteiger partial charge in [0.25, 0.3) is 0 Å². The predicted molar refractivity (Wildman–Crippen MR) is 256 cm³/mol. The molecule has 0 aromatic heterocycles. The first-order valence-electron chi connectivity index (χ1n) is 26.0. The van der Waals surface area contributed by atoms with Gasteiger partial charge in [0.1, 0.15) is 13.2 Å². The van der Waals surface area contributed by atoms with E-state index in [1.54, 1.807) is 0 Å². The molecule has 1 atom stereocenters. The molecule has 0 radical (unpaired) electrons. The lowest BCUT2D eigenvalue weighted by molar-refractivity contribution is -0.167. The maximum absolute atomic E-state index is 12.8. The summed E-state index contributed by atoms with van der Waals surface area (Å²) in [5.74, 6) is -0.927. The fourth-order valence-corrected chi connectivity index (χ4v) is 7.38. The van der Waals surface area contributed by atoms with Gasteiger partial charge in [-0.05, 0) is 89.9 Å². The van der Waals surface area contributed by atoms with Crippen LogP contribution < -0.4 is 0 Å². The van der Waals surface area contributed by atoms with Gasteiger partial charge in [-0.3, -0.25) is 14.4 Å². The van der Waals surface area contributed by atoms with E-state index in [1.807, 2.05) is 0 Å². The van der Waals surface area contributed by atoms with Crippen molar-refractivity contribution in [3.05, 3.63) is 36.5 Å². The third kappa shape index (κ3) is 46.7. The number of rotatable bonds is 47. The van der Waals surface area contributed by atoms with Crippen LogP contribution in [0.5, 0.6) is 0 Å². The lowest BCUT2D eigenvalue weighted by atomic mass is 10.1. The molecule has 0 N–H and O–H groups in total. The zero-order valence-corrected chi connectivity index (χ0v) is 40.0. The van der Waals surface area contributed by atoms with Gasteiger partial charge in [-0.1, -0.05) is 198 Å². The highest BCUT2D eigenvalue weighted by Crippen LogP contribution is 2.15. The average molecular weight is 843 g/mol. The first-order chi connectivity index (χ1) is 29.5. The van der Waals surface area contributed by atoms with Crippen molar-refractivity contribution in [2.24, 2.45) is 0 Å². The van der Waals surface area contributed by atoms with Crippen LogP contribution in [0.4, 0.5) is 0 Å². The van der Waals surface area contributed by atoms with Crippen LogP contribution in [-0.2, 0) is 28.6 Å². The Morgan fingerprint density at radius 1 is 0.317 bits per heavy atom. The number of unbranched alkanes of at least 4 members (excludes halogenated alkanes) is 30. The number of esters is 3. The summed E-state index contributed by atoms with van der Waals surface area (Å²) in [5.41, 5.74) is 0. The summed E-state index contributed by atoms with van der Waals surface area (Å²) in [6, 6.07) is 0. The van der Waals surface area contributed by atoms with Crippen molar-refractivity contribution in [1.29, 1.82) is 0 Å². The van der Waals surface area contributed by atoms with E-state index in [-0.39, 0.29) is 31.1 Å². The fraction of sp³-hybridized carbons (Fsp3) is 0.833. The molecular formula is C54H98O6. The van der Waals surface area contributed by atoms with Crippen molar-refractivity contribution >= 4 is 17.9 Å². The second-order valence-electron chi connectivity index (χ2n) is 17.4. The molecule has 0 aromatic carbocycles. The third-order valence-corrected chi connectivity index (χ3v) is 11.3. The lowest BCUT2D eigenvalue weighted by Gasteiger charge is -2.18. The van der Waals surface area contributed by atoms with Crippen molar-refractivity contribution < 1.29 is 28.6 Å². The minimum Gasteiger partial charge on any atom is -0.462 e. The summed E-state index contributed by atoms with van der Waals surface area (Å²) in [6.45, 7) is 6.57. The van der Waals surface area contributed by atoms with Gasteiger partial charge in [-0.25, -0.2) is 0 Å². The zero-order chi connectivity index (χ0) is 43.7. The number of hydrogen-bond acceptors (Lipinski definition) is 6. The predicted octanol–water partition coefficient (Wildman–Crippen LogP) is 16.9. The quantitative estimate of drug-likeness (QED) is 0.0263. The summed E-state index contributed by atoms with van der Waals surface area (Å²) in [4.78, 5) is 37.8. The summed E-state index contributed by atoms with van der Waals surface area (Å²) < 4.78 is 16.7. The topological polar surface area (TPSA) is 78.9 Å². The lowest BCUT2D eigenvalue weighted by Crippen LogP contribution is -2.30. The summed E-state index contributed by atoms with van der Waals surface area (Å²) in [6.07, 6.45) is 57.1. The molecule has 0 aromatic rings. The number of ether oxygens (including phenoxy) is 3. The average Bonchev–Trinajstić information content (AvgIpc) is 3.24. The first kappa shape index (κ1) is 57.6. The van der Waals surface area contributed by atoms with E-state index in [1.165, 1.54) is 167 Å². The highest BCUT2D eigenvalue weighted by molar-refractivity contribution is 5.71. The summed E-state index contributed by atoms with van der Waals surface area (Å²) in [5, 5.41) is 0. The molecule has 0 aliphatic carbocycles. The third-order valence-electron chi connectivity index (χ3n) is 11.3.